The molecule has 1 aromatic rings. The van der Waals surface area contributed by atoms with Gasteiger partial charge in [-0.05, 0) is 81.9 Å². The first kappa shape index (κ1) is 21.5. The lowest BCUT2D eigenvalue weighted by Crippen LogP contribution is -2.42. The summed E-state index contributed by atoms with van der Waals surface area (Å²) in [7, 11) is 0. The topological polar surface area (TPSA) is 76.1 Å². The number of carbonyl (C=O) groups excluding carboxylic acids is 1. The number of carbonyl (C=O) groups is 2. The number of ether oxygens (including phenoxy) is 2. The second-order valence-corrected chi connectivity index (χ2v) is 9.34. The van der Waals surface area contributed by atoms with E-state index in [-0.39, 0.29) is 18.4 Å². The van der Waals surface area contributed by atoms with E-state index in [2.05, 4.69) is 0 Å². The molecule has 6 nitrogen and oxygen atoms in total. The maximum atomic E-state index is 12.2. The van der Waals surface area contributed by atoms with Crippen molar-refractivity contribution < 1.29 is 24.2 Å². The summed E-state index contributed by atoms with van der Waals surface area (Å²) in [6.07, 6.45) is 3.94. The number of benzene rings is 1. The summed E-state index contributed by atoms with van der Waals surface area (Å²) in [5.41, 5.74) is 0.591. The Morgan fingerprint density at radius 3 is 2.45 bits per heavy atom. The van der Waals surface area contributed by atoms with Gasteiger partial charge in [0.15, 0.2) is 0 Å². The molecular weight excluding hydrogens is 370 g/mol. The molecule has 1 N–H and O–H groups in total. The zero-order chi connectivity index (χ0) is 21.0. The number of amides is 1. The molecule has 0 radical (unpaired) electrons. The summed E-state index contributed by atoms with van der Waals surface area (Å²) < 4.78 is 11.5. The lowest BCUT2D eigenvalue weighted by Gasteiger charge is -2.33. The van der Waals surface area contributed by atoms with Crippen molar-refractivity contribution in [3.63, 3.8) is 0 Å². The summed E-state index contributed by atoms with van der Waals surface area (Å²) in [6.45, 7) is 7.62. The first-order chi connectivity index (χ1) is 13.7. The Balaban J connectivity index is 1.49. The van der Waals surface area contributed by atoms with Gasteiger partial charge in [0.25, 0.3) is 0 Å². The first-order valence-electron chi connectivity index (χ1n) is 10.6. The van der Waals surface area contributed by atoms with E-state index < -0.39 is 11.6 Å². The molecule has 3 rings (SSSR count). The highest BCUT2D eigenvalue weighted by atomic mass is 16.6. The van der Waals surface area contributed by atoms with Crippen LogP contribution in [0.3, 0.4) is 0 Å². The fourth-order valence-corrected chi connectivity index (χ4v) is 3.90. The summed E-state index contributed by atoms with van der Waals surface area (Å²) in [5, 5.41) is 9.22. The predicted molar refractivity (Wildman–Crippen MR) is 110 cm³/mol. The number of aliphatic carboxylic acids is 1. The van der Waals surface area contributed by atoms with E-state index in [0.29, 0.717) is 31.5 Å². The van der Waals surface area contributed by atoms with Crippen molar-refractivity contribution in [1.82, 2.24) is 4.90 Å². The van der Waals surface area contributed by atoms with Crippen LogP contribution in [-0.4, -0.2) is 47.4 Å². The average molecular weight is 404 g/mol. The molecule has 1 heterocycles. The molecule has 160 valence electrons. The molecule has 1 atom stereocenters. The third kappa shape index (κ3) is 6.65. The van der Waals surface area contributed by atoms with E-state index in [0.717, 1.165) is 37.0 Å². The van der Waals surface area contributed by atoms with Gasteiger partial charge in [0.1, 0.15) is 11.4 Å². The molecule has 1 saturated heterocycles. The third-order valence-corrected chi connectivity index (χ3v) is 5.62. The number of nitrogens with zero attached hydrogens (tertiary/aromatic N) is 1. The highest BCUT2D eigenvalue weighted by molar-refractivity contribution is 5.68. The number of hydrogen-bond donors (Lipinski definition) is 1. The van der Waals surface area contributed by atoms with Crippen LogP contribution in [-0.2, 0) is 9.53 Å². The van der Waals surface area contributed by atoms with E-state index in [4.69, 9.17) is 9.47 Å². The van der Waals surface area contributed by atoms with E-state index in [1.807, 2.05) is 45.0 Å². The van der Waals surface area contributed by atoms with Gasteiger partial charge in [0, 0.05) is 13.1 Å². The van der Waals surface area contributed by atoms with Crippen molar-refractivity contribution in [1.29, 1.82) is 0 Å². The fourth-order valence-electron chi connectivity index (χ4n) is 3.90. The van der Waals surface area contributed by atoms with Gasteiger partial charge in [-0.15, -0.1) is 0 Å². The molecule has 0 unspecified atom stereocenters. The maximum absolute atomic E-state index is 12.2. The lowest BCUT2D eigenvalue weighted by atomic mass is 9.91. The molecule has 0 spiro atoms. The van der Waals surface area contributed by atoms with Crippen LogP contribution in [0.2, 0.25) is 0 Å². The Bertz CT molecular complexity index is 714. The van der Waals surface area contributed by atoms with E-state index >= 15 is 0 Å². The highest BCUT2D eigenvalue weighted by Gasteiger charge is 2.34. The van der Waals surface area contributed by atoms with Crippen molar-refractivity contribution >= 4 is 12.1 Å². The molecule has 1 aliphatic carbocycles. The number of hydrogen-bond acceptors (Lipinski definition) is 4. The Morgan fingerprint density at radius 2 is 1.86 bits per heavy atom. The van der Waals surface area contributed by atoms with E-state index in [9.17, 15) is 14.7 Å². The predicted octanol–water partition coefficient (Wildman–Crippen LogP) is 4.68. The van der Waals surface area contributed by atoms with Crippen LogP contribution < -0.4 is 4.74 Å². The number of carboxylic acid groups (broad SMARTS) is 1. The van der Waals surface area contributed by atoms with Gasteiger partial charge in [0.2, 0.25) is 0 Å². The van der Waals surface area contributed by atoms with Crippen LogP contribution in [0.4, 0.5) is 4.79 Å². The third-order valence-electron chi connectivity index (χ3n) is 5.62. The number of piperidine rings is 1. The molecule has 0 aromatic heterocycles. The number of carboxylic acids is 1. The van der Waals surface area contributed by atoms with Crippen LogP contribution in [0.5, 0.6) is 5.75 Å². The van der Waals surface area contributed by atoms with Crippen molar-refractivity contribution in [2.24, 2.45) is 11.8 Å². The van der Waals surface area contributed by atoms with Crippen LogP contribution in [0, 0.1) is 11.8 Å². The van der Waals surface area contributed by atoms with Gasteiger partial charge in [-0.2, -0.15) is 0 Å². The van der Waals surface area contributed by atoms with Gasteiger partial charge < -0.3 is 19.5 Å². The molecule has 1 aliphatic heterocycles. The van der Waals surface area contributed by atoms with Crippen molar-refractivity contribution in [2.75, 3.05) is 19.7 Å². The van der Waals surface area contributed by atoms with Crippen LogP contribution in [0.15, 0.2) is 24.3 Å². The monoisotopic (exact) mass is 403 g/mol. The SMILES string of the molecule is CC(C)(C)OC(=O)N1CCC(COc2cccc([C@@H](CC(=O)O)C3CC3)c2)CC1. The standard InChI is InChI=1S/C23H33NO5/c1-23(2,3)29-22(27)24-11-9-16(10-12-24)15-28-19-6-4-5-18(13-19)20(14-21(25)26)17-7-8-17/h4-6,13,16-17,20H,7-12,14-15H2,1-3H3,(H,25,26)/t20-/m0/s1. The van der Waals surface area contributed by atoms with Crippen LogP contribution in [0.1, 0.15) is 64.4 Å². The van der Waals surface area contributed by atoms with Crippen LogP contribution >= 0.6 is 0 Å². The Morgan fingerprint density at radius 1 is 1.17 bits per heavy atom. The van der Waals surface area contributed by atoms with E-state index in [1.54, 1.807) is 4.90 Å². The molecule has 1 aromatic carbocycles. The minimum Gasteiger partial charge on any atom is -0.493 e. The second-order valence-electron chi connectivity index (χ2n) is 9.34. The number of rotatable bonds is 7. The molecule has 1 saturated carbocycles. The van der Waals surface area contributed by atoms with Gasteiger partial charge >= 0.3 is 12.1 Å². The summed E-state index contributed by atoms with van der Waals surface area (Å²) in [6, 6.07) is 7.90. The summed E-state index contributed by atoms with van der Waals surface area (Å²) in [4.78, 5) is 25.2. The quantitative estimate of drug-likeness (QED) is 0.715. The molecule has 0 bridgehead atoms. The Hall–Kier alpha value is -2.24. The van der Waals surface area contributed by atoms with Crippen molar-refractivity contribution in [3.8, 4) is 5.75 Å². The largest absolute Gasteiger partial charge is 0.493 e. The molecule has 1 amide bonds. The van der Waals surface area contributed by atoms with Crippen LogP contribution in [0.25, 0.3) is 0 Å². The Kier molecular flexibility index (Phi) is 6.70. The van der Waals surface area contributed by atoms with E-state index in [1.165, 1.54) is 0 Å². The van der Waals surface area contributed by atoms with Crippen molar-refractivity contribution in [2.45, 2.75) is 64.4 Å². The molecule has 6 heteroatoms. The Labute approximate surface area is 173 Å². The van der Waals surface area contributed by atoms with Gasteiger partial charge in [-0.3, -0.25) is 4.79 Å². The van der Waals surface area contributed by atoms with Gasteiger partial charge in [0.05, 0.1) is 13.0 Å². The molecule has 2 fully saturated rings. The highest BCUT2D eigenvalue weighted by Crippen LogP contribution is 2.45. The maximum Gasteiger partial charge on any atom is 0.410 e. The molecule has 2 aliphatic rings. The van der Waals surface area contributed by atoms with Gasteiger partial charge in [-0.1, -0.05) is 12.1 Å². The van der Waals surface area contributed by atoms with Crippen molar-refractivity contribution in [3.05, 3.63) is 29.8 Å². The minimum atomic E-state index is -0.745. The molecular formula is C23H33NO5. The normalized spacial score (nSPS) is 18.9. The van der Waals surface area contributed by atoms with Gasteiger partial charge in [-0.25, -0.2) is 4.79 Å². The summed E-state index contributed by atoms with van der Waals surface area (Å²) in [5.74, 6) is 1.01. The average Bonchev–Trinajstić information content (AvgIpc) is 3.48. The second kappa shape index (κ2) is 9.06. The smallest absolute Gasteiger partial charge is 0.410 e. The number of likely N-dealkylation sites (tertiary alicyclic amines) is 1. The fraction of sp³-hybridized carbons (Fsp3) is 0.652. The minimum absolute atomic E-state index is 0.0770. The first-order valence-corrected chi connectivity index (χ1v) is 10.6. The summed E-state index contributed by atoms with van der Waals surface area (Å²) >= 11 is 0. The zero-order valence-electron chi connectivity index (χ0n) is 17.7. The lowest BCUT2D eigenvalue weighted by molar-refractivity contribution is -0.137. The zero-order valence-corrected chi connectivity index (χ0v) is 17.7. The molecule has 29 heavy (non-hydrogen) atoms.